The fourth-order valence-electron chi connectivity index (χ4n) is 3.06. The number of anilines is 1. The van der Waals surface area contributed by atoms with Crippen LogP contribution in [0, 0.1) is 12.8 Å². The summed E-state index contributed by atoms with van der Waals surface area (Å²) < 4.78 is 1.11. The topological polar surface area (TPSA) is 68.0 Å². The third-order valence-corrected chi connectivity index (χ3v) is 5.13. The molecule has 1 aromatic heterocycles. The number of hydrogen-bond acceptors (Lipinski definition) is 4. The molecule has 120 valence electrons. The van der Waals surface area contributed by atoms with Gasteiger partial charge in [-0.15, -0.1) is 23.7 Å². The van der Waals surface area contributed by atoms with Gasteiger partial charge in [0.05, 0.1) is 15.2 Å². The Balaban J connectivity index is 0.00000176. The molecule has 3 N–H and O–H groups in total. The smallest absolute Gasteiger partial charge is 0.224 e. The second-order valence-corrected chi connectivity index (χ2v) is 7.11. The zero-order chi connectivity index (χ0) is 14.8. The van der Waals surface area contributed by atoms with Crippen LogP contribution in [-0.2, 0) is 4.79 Å². The van der Waals surface area contributed by atoms with Gasteiger partial charge in [-0.1, -0.05) is 12.8 Å². The molecule has 1 aliphatic carbocycles. The predicted octanol–water partition coefficient (Wildman–Crippen LogP) is 3.87. The Morgan fingerprint density at radius 3 is 2.95 bits per heavy atom. The fraction of sp³-hybridized carbons (Fsp3) is 0.500. The van der Waals surface area contributed by atoms with E-state index in [1.807, 2.05) is 25.1 Å². The number of rotatable bonds is 3. The first-order chi connectivity index (χ1) is 10.1. The van der Waals surface area contributed by atoms with Crippen molar-refractivity contribution in [3.8, 4) is 0 Å². The molecule has 2 atom stereocenters. The maximum Gasteiger partial charge on any atom is 0.224 e. The van der Waals surface area contributed by atoms with Crippen LogP contribution in [0.3, 0.4) is 0 Å². The minimum Gasteiger partial charge on any atom is -0.327 e. The number of hydrogen-bond donors (Lipinski definition) is 2. The van der Waals surface area contributed by atoms with Crippen molar-refractivity contribution in [1.82, 2.24) is 4.98 Å². The van der Waals surface area contributed by atoms with Crippen LogP contribution in [0.25, 0.3) is 10.2 Å². The summed E-state index contributed by atoms with van der Waals surface area (Å²) in [6, 6.07) is 6.05. The van der Waals surface area contributed by atoms with Crippen LogP contribution < -0.4 is 11.1 Å². The van der Waals surface area contributed by atoms with Gasteiger partial charge in [-0.3, -0.25) is 4.79 Å². The normalized spacial score (nSPS) is 21.4. The first-order valence-electron chi connectivity index (χ1n) is 7.54. The van der Waals surface area contributed by atoms with Crippen molar-refractivity contribution in [1.29, 1.82) is 0 Å². The zero-order valence-corrected chi connectivity index (χ0v) is 14.3. The van der Waals surface area contributed by atoms with Crippen LogP contribution in [-0.4, -0.2) is 16.9 Å². The lowest BCUT2D eigenvalue weighted by Gasteiger charge is -2.27. The van der Waals surface area contributed by atoms with E-state index < -0.39 is 0 Å². The number of carbonyl (C=O) groups is 1. The van der Waals surface area contributed by atoms with Gasteiger partial charge in [-0.2, -0.15) is 0 Å². The lowest BCUT2D eigenvalue weighted by molar-refractivity contribution is -0.117. The summed E-state index contributed by atoms with van der Waals surface area (Å²) in [5.74, 6) is 0.395. The van der Waals surface area contributed by atoms with Crippen molar-refractivity contribution in [3.63, 3.8) is 0 Å². The Labute approximate surface area is 140 Å². The van der Waals surface area contributed by atoms with Crippen LogP contribution in [0.1, 0.15) is 37.1 Å². The standard InChI is InChI=1S/C16H21N3OS.ClH/c1-10-18-14-7-6-12(9-15(14)21-10)19-16(20)8-11-4-2-3-5-13(11)17;/h6-7,9,11,13H,2-5,8,17H2,1H3,(H,19,20);1H. The quantitative estimate of drug-likeness (QED) is 0.891. The van der Waals surface area contributed by atoms with E-state index in [0.717, 1.165) is 33.8 Å². The molecule has 1 aromatic carbocycles. The van der Waals surface area contributed by atoms with E-state index in [9.17, 15) is 4.79 Å². The average molecular weight is 340 g/mol. The molecule has 1 fully saturated rings. The summed E-state index contributed by atoms with van der Waals surface area (Å²) in [4.78, 5) is 16.6. The molecule has 0 aliphatic heterocycles. The Morgan fingerprint density at radius 1 is 1.41 bits per heavy atom. The summed E-state index contributed by atoms with van der Waals surface area (Å²) in [6.45, 7) is 1.99. The number of aromatic nitrogens is 1. The van der Waals surface area contributed by atoms with E-state index in [1.54, 1.807) is 11.3 Å². The number of benzene rings is 1. The monoisotopic (exact) mass is 339 g/mol. The summed E-state index contributed by atoms with van der Waals surface area (Å²) in [6.07, 6.45) is 5.03. The van der Waals surface area contributed by atoms with Crippen molar-refractivity contribution < 1.29 is 4.79 Å². The maximum atomic E-state index is 12.2. The lowest BCUT2D eigenvalue weighted by Crippen LogP contribution is -2.35. The highest BCUT2D eigenvalue weighted by Crippen LogP contribution is 2.27. The number of nitrogens with one attached hydrogen (secondary N) is 1. The Morgan fingerprint density at radius 2 is 2.18 bits per heavy atom. The Bertz CT molecular complexity index is 658. The maximum absolute atomic E-state index is 12.2. The minimum absolute atomic E-state index is 0. The van der Waals surface area contributed by atoms with E-state index in [-0.39, 0.29) is 24.4 Å². The molecule has 1 heterocycles. The number of nitrogens with two attached hydrogens (primary N) is 1. The summed E-state index contributed by atoms with van der Waals surface area (Å²) >= 11 is 1.65. The van der Waals surface area contributed by atoms with E-state index in [0.29, 0.717) is 12.3 Å². The summed E-state index contributed by atoms with van der Waals surface area (Å²) in [7, 11) is 0. The molecule has 1 amide bonds. The number of fused-ring (bicyclic) bond motifs is 1. The number of nitrogens with zero attached hydrogens (tertiary/aromatic N) is 1. The number of carbonyl (C=O) groups excluding carboxylic acids is 1. The number of thiazole rings is 1. The van der Waals surface area contributed by atoms with Gasteiger partial charge in [0.25, 0.3) is 0 Å². The van der Waals surface area contributed by atoms with Gasteiger partial charge in [-0.05, 0) is 43.9 Å². The van der Waals surface area contributed by atoms with Crippen LogP contribution in [0.4, 0.5) is 5.69 Å². The van der Waals surface area contributed by atoms with Crippen molar-refractivity contribution in [2.45, 2.75) is 45.1 Å². The van der Waals surface area contributed by atoms with Gasteiger partial charge in [0.15, 0.2) is 0 Å². The molecular formula is C16H22ClN3OS. The molecule has 0 radical (unpaired) electrons. The Kier molecular flexibility index (Phi) is 5.78. The second-order valence-electron chi connectivity index (χ2n) is 5.88. The van der Waals surface area contributed by atoms with Crippen LogP contribution in [0.2, 0.25) is 0 Å². The van der Waals surface area contributed by atoms with Crippen LogP contribution in [0.15, 0.2) is 18.2 Å². The molecule has 1 aliphatic rings. The zero-order valence-electron chi connectivity index (χ0n) is 12.7. The lowest BCUT2D eigenvalue weighted by atomic mass is 9.83. The molecule has 1 saturated carbocycles. The summed E-state index contributed by atoms with van der Waals surface area (Å²) in [5.41, 5.74) is 7.95. The molecule has 4 nitrogen and oxygen atoms in total. The number of amides is 1. The molecule has 0 bridgehead atoms. The molecule has 0 spiro atoms. The van der Waals surface area contributed by atoms with Crippen molar-refractivity contribution in [2.24, 2.45) is 11.7 Å². The number of halogens is 1. The first-order valence-corrected chi connectivity index (χ1v) is 8.36. The Hall–Kier alpha value is -1.17. The first kappa shape index (κ1) is 17.2. The van der Waals surface area contributed by atoms with Gasteiger partial charge < -0.3 is 11.1 Å². The van der Waals surface area contributed by atoms with E-state index in [4.69, 9.17) is 5.73 Å². The van der Waals surface area contributed by atoms with Gasteiger partial charge in [-0.25, -0.2) is 4.98 Å². The molecule has 2 unspecified atom stereocenters. The molecule has 6 heteroatoms. The van der Waals surface area contributed by atoms with Crippen LogP contribution >= 0.6 is 23.7 Å². The number of aryl methyl sites for hydroxylation is 1. The third kappa shape index (κ3) is 3.97. The fourth-order valence-corrected chi connectivity index (χ4v) is 3.92. The molecule has 2 aromatic rings. The predicted molar refractivity (Wildman–Crippen MR) is 94.8 cm³/mol. The van der Waals surface area contributed by atoms with E-state index >= 15 is 0 Å². The van der Waals surface area contributed by atoms with E-state index in [2.05, 4.69) is 10.3 Å². The highest BCUT2D eigenvalue weighted by Gasteiger charge is 2.24. The van der Waals surface area contributed by atoms with Gasteiger partial charge >= 0.3 is 0 Å². The molecule has 22 heavy (non-hydrogen) atoms. The minimum atomic E-state index is 0. The highest BCUT2D eigenvalue weighted by molar-refractivity contribution is 7.18. The van der Waals surface area contributed by atoms with Gasteiger partial charge in [0.1, 0.15) is 0 Å². The third-order valence-electron chi connectivity index (χ3n) is 4.19. The largest absolute Gasteiger partial charge is 0.327 e. The molecule has 3 rings (SSSR count). The van der Waals surface area contributed by atoms with Crippen molar-refractivity contribution >= 4 is 45.6 Å². The van der Waals surface area contributed by atoms with E-state index in [1.165, 1.54) is 12.8 Å². The highest BCUT2D eigenvalue weighted by atomic mass is 35.5. The molecule has 0 saturated heterocycles. The average Bonchev–Trinajstić information content (AvgIpc) is 2.80. The van der Waals surface area contributed by atoms with Crippen LogP contribution in [0.5, 0.6) is 0 Å². The van der Waals surface area contributed by atoms with Gasteiger partial charge in [0, 0.05) is 18.2 Å². The van der Waals surface area contributed by atoms with Gasteiger partial charge in [0.2, 0.25) is 5.91 Å². The molecular weight excluding hydrogens is 318 g/mol. The summed E-state index contributed by atoms with van der Waals surface area (Å²) in [5, 5.41) is 4.04. The second kappa shape index (κ2) is 7.40. The SMILES string of the molecule is Cc1nc2ccc(NC(=O)CC3CCCCC3N)cc2s1.Cl. The van der Waals surface area contributed by atoms with Crippen molar-refractivity contribution in [3.05, 3.63) is 23.2 Å². The van der Waals surface area contributed by atoms with Crippen molar-refractivity contribution in [2.75, 3.05) is 5.32 Å².